The van der Waals surface area contributed by atoms with Crippen molar-refractivity contribution in [2.45, 2.75) is 53.4 Å². The van der Waals surface area contributed by atoms with Gasteiger partial charge >= 0.3 is 5.97 Å². The number of nitrogens with zero attached hydrogens (tertiary/aromatic N) is 1. The molecular weight excluding hydrogens is 474 g/mol. The number of aromatic nitrogens is 2. The lowest BCUT2D eigenvalue weighted by Gasteiger charge is -2.22. The highest BCUT2D eigenvalue weighted by Gasteiger charge is 2.23. The molecule has 1 aromatic heterocycles. The van der Waals surface area contributed by atoms with Gasteiger partial charge in [0.2, 0.25) is 0 Å². The Morgan fingerprint density at radius 2 is 1.86 bits per heavy atom. The lowest BCUT2D eigenvalue weighted by Crippen LogP contribution is -2.19. The number of ether oxygens (including phenoxy) is 2. The van der Waals surface area contributed by atoms with Gasteiger partial charge in [0.15, 0.2) is 0 Å². The Bertz CT molecular complexity index is 1240. The van der Waals surface area contributed by atoms with Gasteiger partial charge in [0, 0.05) is 30.3 Å². The van der Waals surface area contributed by atoms with Gasteiger partial charge in [0.25, 0.3) is 0 Å². The lowest BCUT2D eigenvalue weighted by molar-refractivity contribution is -0.137. The van der Waals surface area contributed by atoms with Crippen molar-refractivity contribution < 1.29 is 19.4 Å². The Hall–Kier alpha value is -3.26. The number of aromatic amines is 2. The summed E-state index contributed by atoms with van der Waals surface area (Å²) in [5.41, 5.74) is 4.68. The maximum Gasteiger partial charge on any atom is 0.313 e. The van der Waals surface area contributed by atoms with E-state index in [0.29, 0.717) is 27.4 Å². The molecule has 0 radical (unpaired) electrons. The van der Waals surface area contributed by atoms with Crippen molar-refractivity contribution in [1.29, 1.82) is 0 Å². The molecule has 0 spiro atoms. The van der Waals surface area contributed by atoms with Crippen LogP contribution in [0.3, 0.4) is 0 Å². The van der Waals surface area contributed by atoms with Crippen LogP contribution in [0.15, 0.2) is 42.3 Å². The van der Waals surface area contributed by atoms with Gasteiger partial charge in [-0.2, -0.15) is 0 Å². The number of rotatable bonds is 9. The maximum absolute atomic E-state index is 12.3. The number of phenols is 1. The summed E-state index contributed by atoms with van der Waals surface area (Å²) in [6.45, 7) is 15.4. The van der Waals surface area contributed by atoms with E-state index >= 15 is 0 Å². The monoisotopic (exact) mass is 511 g/mol. The van der Waals surface area contributed by atoms with Crippen molar-refractivity contribution in [3.8, 4) is 22.8 Å². The molecule has 1 fully saturated rings. The number of esters is 1. The molecule has 1 aliphatic heterocycles. The van der Waals surface area contributed by atoms with Crippen molar-refractivity contribution >= 4 is 23.8 Å². The van der Waals surface area contributed by atoms with Gasteiger partial charge in [-0.3, -0.25) is 15.0 Å². The first-order chi connectivity index (χ1) is 17.1. The summed E-state index contributed by atoms with van der Waals surface area (Å²) in [6, 6.07) is 3.36. The molecular formula is C28H37N3O4S. The molecule has 0 bridgehead atoms. The first-order valence-electron chi connectivity index (χ1n) is 12.3. The molecule has 0 atom stereocenters. The summed E-state index contributed by atoms with van der Waals surface area (Å²) >= 11 is 5.64. The summed E-state index contributed by atoms with van der Waals surface area (Å²) in [7, 11) is 1.64. The van der Waals surface area contributed by atoms with Crippen LogP contribution in [-0.4, -0.2) is 46.4 Å². The van der Waals surface area contributed by atoms with Gasteiger partial charge in [-0.25, -0.2) is 0 Å². The van der Waals surface area contributed by atoms with Gasteiger partial charge in [0.1, 0.15) is 21.9 Å². The number of phenolic OH excluding ortho intramolecular Hbond substituents is 1. The second-order valence-electron chi connectivity index (χ2n) is 9.65. The molecule has 36 heavy (non-hydrogen) atoms. The number of H-pyrrole nitrogens is 2. The van der Waals surface area contributed by atoms with Crippen molar-refractivity contribution in [3.05, 3.63) is 58.1 Å². The zero-order valence-corrected chi connectivity index (χ0v) is 22.8. The summed E-state index contributed by atoms with van der Waals surface area (Å²) in [4.78, 5) is 14.5. The number of aromatic hydroxyl groups is 1. The van der Waals surface area contributed by atoms with Gasteiger partial charge < -0.3 is 19.5 Å². The lowest BCUT2D eigenvalue weighted by atomic mass is 9.95. The maximum atomic E-state index is 12.3. The van der Waals surface area contributed by atoms with E-state index in [9.17, 15) is 9.90 Å². The minimum Gasteiger partial charge on any atom is -0.507 e. The van der Waals surface area contributed by atoms with E-state index in [1.54, 1.807) is 27.0 Å². The predicted molar refractivity (Wildman–Crippen MR) is 146 cm³/mol. The average molecular weight is 512 g/mol. The van der Waals surface area contributed by atoms with E-state index in [2.05, 4.69) is 27.8 Å². The first kappa shape index (κ1) is 27.3. The molecule has 2 heterocycles. The topological polar surface area (TPSA) is 90.6 Å². The van der Waals surface area contributed by atoms with E-state index in [1.165, 1.54) is 6.07 Å². The number of benzene rings is 1. The molecule has 0 amide bonds. The summed E-state index contributed by atoms with van der Waals surface area (Å²) < 4.78 is 11.7. The van der Waals surface area contributed by atoms with Crippen LogP contribution in [0.1, 0.15) is 64.5 Å². The second kappa shape index (κ2) is 11.6. The highest BCUT2D eigenvalue weighted by molar-refractivity contribution is 7.71. The predicted octanol–water partition coefficient (Wildman–Crippen LogP) is 6.67. The number of likely N-dealkylation sites (tertiary alicyclic amines) is 1. The SMILES string of the molecule is C=C/C(OC)=C(\C=C(/C)c1c(-c2cc(C(C)C)c(OC(=O)C(C)C)cc2O)[nH][nH]c1=S)N1CCCC1. The molecule has 194 valence electrons. The number of hydrogen-bond acceptors (Lipinski definition) is 6. The molecule has 3 rings (SSSR count). The molecule has 8 heteroatoms. The zero-order chi connectivity index (χ0) is 26.6. The van der Waals surface area contributed by atoms with Crippen LogP contribution in [0.25, 0.3) is 16.8 Å². The van der Waals surface area contributed by atoms with Crippen molar-refractivity contribution in [1.82, 2.24) is 15.1 Å². The normalized spacial score (nSPS) is 14.9. The van der Waals surface area contributed by atoms with E-state index in [4.69, 9.17) is 21.7 Å². The fourth-order valence-electron chi connectivity index (χ4n) is 4.33. The minimum absolute atomic E-state index is 0.00997. The first-order valence-corrected chi connectivity index (χ1v) is 12.7. The van der Waals surface area contributed by atoms with Gasteiger partial charge in [0.05, 0.1) is 24.4 Å². The van der Waals surface area contributed by atoms with Crippen LogP contribution in [-0.2, 0) is 9.53 Å². The van der Waals surface area contributed by atoms with E-state index in [-0.39, 0.29) is 23.6 Å². The van der Waals surface area contributed by atoms with Crippen molar-refractivity contribution in [2.24, 2.45) is 5.92 Å². The summed E-state index contributed by atoms with van der Waals surface area (Å²) in [5, 5.41) is 17.2. The Kier molecular flexibility index (Phi) is 8.84. The number of methoxy groups -OCH3 is 1. The number of carbonyl (C=O) groups is 1. The number of carbonyl (C=O) groups excluding carboxylic acids is 1. The Morgan fingerprint density at radius 3 is 2.42 bits per heavy atom. The molecule has 1 saturated heterocycles. The summed E-state index contributed by atoms with van der Waals surface area (Å²) in [6.07, 6.45) is 6.02. The Morgan fingerprint density at radius 1 is 1.19 bits per heavy atom. The highest BCUT2D eigenvalue weighted by Crippen LogP contribution is 2.41. The smallest absolute Gasteiger partial charge is 0.313 e. The van der Waals surface area contributed by atoms with Crippen molar-refractivity contribution in [3.63, 3.8) is 0 Å². The average Bonchev–Trinajstić information content (AvgIpc) is 3.49. The van der Waals surface area contributed by atoms with E-state index in [0.717, 1.165) is 48.3 Å². The minimum atomic E-state index is -0.345. The standard InChI is InChI=1S/C28H37N3O4S/c1-8-23(34-7)21(31-11-9-10-12-31)13-18(6)25-26(29-30-27(25)36)20-14-19(16(2)3)24(15-22(20)32)35-28(33)17(4)5/h8,13-17,32H,1,9-12H2,2-7H3,(H2,29,30,36)/b18-13+,23-21-. The molecule has 3 N–H and O–H groups in total. The van der Waals surface area contributed by atoms with E-state index in [1.807, 2.05) is 26.8 Å². The van der Waals surface area contributed by atoms with Crippen LogP contribution in [0.5, 0.6) is 11.5 Å². The molecule has 2 aromatic rings. The number of allylic oxidation sites excluding steroid dienone is 3. The van der Waals surface area contributed by atoms with Crippen LogP contribution in [0.4, 0.5) is 0 Å². The van der Waals surface area contributed by atoms with Gasteiger partial charge in [-0.15, -0.1) is 0 Å². The molecule has 0 unspecified atom stereocenters. The number of nitrogens with one attached hydrogen (secondary N) is 2. The highest BCUT2D eigenvalue weighted by atomic mass is 32.1. The molecule has 0 saturated carbocycles. The van der Waals surface area contributed by atoms with Gasteiger partial charge in [-0.1, -0.05) is 46.5 Å². The van der Waals surface area contributed by atoms with Crippen molar-refractivity contribution in [2.75, 3.05) is 20.2 Å². The van der Waals surface area contributed by atoms with Crippen LogP contribution >= 0.6 is 12.2 Å². The molecule has 7 nitrogen and oxygen atoms in total. The zero-order valence-electron chi connectivity index (χ0n) is 22.0. The van der Waals surface area contributed by atoms with Crippen LogP contribution in [0.2, 0.25) is 0 Å². The fourth-order valence-corrected chi connectivity index (χ4v) is 4.65. The molecule has 1 aromatic carbocycles. The molecule has 0 aliphatic carbocycles. The second-order valence-corrected chi connectivity index (χ2v) is 10.1. The van der Waals surface area contributed by atoms with Crippen LogP contribution in [0, 0.1) is 10.6 Å². The quantitative estimate of drug-likeness (QED) is 0.114. The molecule has 1 aliphatic rings. The Labute approximate surface area is 218 Å². The third kappa shape index (κ3) is 5.75. The largest absolute Gasteiger partial charge is 0.507 e. The van der Waals surface area contributed by atoms with Crippen LogP contribution < -0.4 is 4.74 Å². The third-order valence-corrected chi connectivity index (χ3v) is 6.64. The third-order valence-electron chi connectivity index (χ3n) is 6.33. The fraction of sp³-hybridized carbons (Fsp3) is 0.429. The summed E-state index contributed by atoms with van der Waals surface area (Å²) in [5.74, 6) is 0.485. The van der Waals surface area contributed by atoms with Gasteiger partial charge in [-0.05, 0) is 55.0 Å². The Balaban J connectivity index is 2.14. The van der Waals surface area contributed by atoms with E-state index < -0.39 is 0 Å². The number of hydrogen-bond donors (Lipinski definition) is 3.